The van der Waals surface area contributed by atoms with Crippen LogP contribution < -0.4 is 0 Å². The van der Waals surface area contributed by atoms with Crippen LogP contribution in [0, 0.1) is 5.92 Å². The van der Waals surface area contributed by atoms with Gasteiger partial charge in [0.1, 0.15) is 0 Å². The molecule has 0 radical (unpaired) electrons. The van der Waals surface area contributed by atoms with Gasteiger partial charge < -0.3 is 4.43 Å². The van der Waals surface area contributed by atoms with Crippen LogP contribution >= 0.6 is 0 Å². The minimum absolute atomic E-state index is 0.646. The predicted molar refractivity (Wildman–Crippen MR) is 71.8 cm³/mol. The van der Waals surface area contributed by atoms with Crippen LogP contribution in [0.25, 0.3) is 0 Å². The Morgan fingerprint density at radius 3 is 1.27 bits per heavy atom. The maximum absolute atomic E-state index is 6.41. The highest BCUT2D eigenvalue weighted by molar-refractivity contribution is 6.77. The zero-order chi connectivity index (χ0) is 12.2. The maximum atomic E-state index is 6.41. The Morgan fingerprint density at radius 2 is 1.07 bits per heavy atom. The van der Waals surface area contributed by atoms with E-state index in [4.69, 9.17) is 4.43 Å². The summed E-state index contributed by atoms with van der Waals surface area (Å²) in [5.41, 5.74) is 2.11. The summed E-state index contributed by atoms with van der Waals surface area (Å²) in [6, 6.07) is 0. The minimum Gasteiger partial charge on any atom is -0.416 e. The molecule has 0 heterocycles. The summed E-state index contributed by atoms with van der Waals surface area (Å²) in [6.07, 6.45) is 0. The lowest BCUT2D eigenvalue weighted by molar-refractivity contribution is 0.238. The Balaban J connectivity index is 4.80. The van der Waals surface area contributed by atoms with E-state index in [0.29, 0.717) is 22.5 Å². The Morgan fingerprint density at radius 1 is 0.733 bits per heavy atom. The SMILES string of the molecule is CC(C)CO[Si](C(C)C)(C(C)C)C(C)C. The van der Waals surface area contributed by atoms with Crippen LogP contribution in [0.4, 0.5) is 0 Å². The van der Waals surface area contributed by atoms with E-state index in [1.54, 1.807) is 0 Å². The molecule has 1 nitrogen and oxygen atoms in total. The molecule has 0 saturated carbocycles. The van der Waals surface area contributed by atoms with Gasteiger partial charge in [-0.25, -0.2) is 0 Å². The molecule has 0 spiro atoms. The van der Waals surface area contributed by atoms with Gasteiger partial charge in [0, 0.05) is 6.61 Å². The normalized spacial score (nSPS) is 13.6. The van der Waals surface area contributed by atoms with E-state index in [0.717, 1.165) is 6.61 Å². The Bertz CT molecular complexity index is 152. The van der Waals surface area contributed by atoms with E-state index in [-0.39, 0.29) is 0 Å². The Labute approximate surface area is 97.7 Å². The monoisotopic (exact) mass is 230 g/mol. The lowest BCUT2D eigenvalue weighted by atomic mass is 10.2. The van der Waals surface area contributed by atoms with Gasteiger partial charge in [-0.2, -0.15) is 0 Å². The van der Waals surface area contributed by atoms with Crippen LogP contribution in [-0.2, 0) is 4.43 Å². The van der Waals surface area contributed by atoms with Crippen LogP contribution in [-0.4, -0.2) is 14.9 Å². The number of hydrogen-bond donors (Lipinski definition) is 0. The van der Waals surface area contributed by atoms with Crippen molar-refractivity contribution in [2.45, 2.75) is 72.0 Å². The summed E-state index contributed by atoms with van der Waals surface area (Å²) in [7, 11) is -1.59. The molecule has 0 aliphatic heterocycles. The van der Waals surface area contributed by atoms with Crippen molar-refractivity contribution in [3.63, 3.8) is 0 Å². The smallest absolute Gasteiger partial charge is 0.200 e. The van der Waals surface area contributed by atoms with Crippen molar-refractivity contribution in [3.8, 4) is 0 Å². The van der Waals surface area contributed by atoms with Crippen molar-refractivity contribution >= 4 is 8.32 Å². The number of hydrogen-bond acceptors (Lipinski definition) is 1. The van der Waals surface area contributed by atoms with Gasteiger partial charge in [0.25, 0.3) is 0 Å². The standard InChI is InChI=1S/C13H30OSi/c1-10(2)9-14-15(11(3)4,12(5)6)13(7)8/h10-13H,9H2,1-8H3. The molecule has 0 bridgehead atoms. The fourth-order valence-corrected chi connectivity index (χ4v) is 8.43. The first-order valence-corrected chi connectivity index (χ1v) is 8.53. The Hall–Kier alpha value is 0.177. The molecule has 0 unspecified atom stereocenters. The summed E-state index contributed by atoms with van der Waals surface area (Å²) in [5.74, 6) is 0.646. The maximum Gasteiger partial charge on any atom is 0.200 e. The van der Waals surface area contributed by atoms with E-state index in [2.05, 4.69) is 55.4 Å². The molecule has 0 aromatic carbocycles. The van der Waals surface area contributed by atoms with Crippen molar-refractivity contribution in [3.05, 3.63) is 0 Å². The second kappa shape index (κ2) is 6.05. The van der Waals surface area contributed by atoms with E-state index < -0.39 is 8.32 Å². The molecule has 92 valence electrons. The zero-order valence-corrected chi connectivity index (χ0v) is 12.9. The summed E-state index contributed by atoms with van der Waals surface area (Å²) >= 11 is 0. The molecule has 0 fully saturated rings. The molecule has 2 heteroatoms. The van der Waals surface area contributed by atoms with Crippen LogP contribution in [0.5, 0.6) is 0 Å². The summed E-state index contributed by atoms with van der Waals surface area (Å²) in [5, 5.41) is 0. The van der Waals surface area contributed by atoms with Gasteiger partial charge in [-0.15, -0.1) is 0 Å². The van der Waals surface area contributed by atoms with Gasteiger partial charge in [0.05, 0.1) is 0 Å². The highest BCUT2D eigenvalue weighted by atomic mass is 28.4. The van der Waals surface area contributed by atoms with Crippen LogP contribution in [0.2, 0.25) is 16.6 Å². The molecule has 0 amide bonds. The molecular weight excluding hydrogens is 200 g/mol. The van der Waals surface area contributed by atoms with Crippen molar-refractivity contribution in [1.82, 2.24) is 0 Å². The van der Waals surface area contributed by atoms with Gasteiger partial charge in [-0.3, -0.25) is 0 Å². The second-order valence-corrected chi connectivity index (χ2v) is 11.5. The minimum atomic E-state index is -1.59. The third-order valence-electron chi connectivity index (χ3n) is 3.37. The zero-order valence-electron chi connectivity index (χ0n) is 11.9. The predicted octanol–water partition coefficient (Wildman–Crippen LogP) is 4.83. The molecule has 0 aliphatic rings. The van der Waals surface area contributed by atoms with Gasteiger partial charge in [0.15, 0.2) is 8.32 Å². The second-order valence-electron chi connectivity index (χ2n) is 6.02. The van der Waals surface area contributed by atoms with Gasteiger partial charge in [0.2, 0.25) is 0 Å². The highest BCUT2D eigenvalue weighted by Gasteiger charge is 2.44. The molecule has 0 atom stereocenters. The summed E-state index contributed by atoms with van der Waals surface area (Å²) in [4.78, 5) is 0. The highest BCUT2D eigenvalue weighted by Crippen LogP contribution is 2.42. The molecule has 15 heavy (non-hydrogen) atoms. The molecule has 0 aromatic rings. The lowest BCUT2D eigenvalue weighted by Crippen LogP contribution is -2.48. The van der Waals surface area contributed by atoms with Crippen molar-refractivity contribution in [2.24, 2.45) is 5.92 Å². The fourth-order valence-electron chi connectivity index (χ4n) is 2.81. The van der Waals surface area contributed by atoms with Gasteiger partial charge in [-0.1, -0.05) is 55.4 Å². The van der Waals surface area contributed by atoms with Crippen molar-refractivity contribution in [1.29, 1.82) is 0 Å². The topological polar surface area (TPSA) is 9.23 Å². The van der Waals surface area contributed by atoms with E-state index >= 15 is 0 Å². The third kappa shape index (κ3) is 3.60. The van der Waals surface area contributed by atoms with Gasteiger partial charge in [-0.05, 0) is 22.5 Å². The molecule has 0 N–H and O–H groups in total. The average molecular weight is 230 g/mol. The lowest BCUT2D eigenvalue weighted by Gasteiger charge is -2.42. The van der Waals surface area contributed by atoms with Gasteiger partial charge >= 0.3 is 0 Å². The molecule has 0 rings (SSSR count). The fraction of sp³-hybridized carbons (Fsp3) is 1.00. The van der Waals surface area contributed by atoms with Crippen LogP contribution in [0.3, 0.4) is 0 Å². The number of rotatable bonds is 6. The van der Waals surface area contributed by atoms with Crippen LogP contribution in [0.15, 0.2) is 0 Å². The average Bonchev–Trinajstić information content (AvgIpc) is 2.02. The summed E-state index contributed by atoms with van der Waals surface area (Å²) in [6.45, 7) is 19.4. The third-order valence-corrected chi connectivity index (χ3v) is 9.45. The van der Waals surface area contributed by atoms with E-state index in [9.17, 15) is 0 Å². The van der Waals surface area contributed by atoms with Crippen molar-refractivity contribution in [2.75, 3.05) is 6.61 Å². The molecular formula is C13H30OSi. The molecule has 0 aromatic heterocycles. The summed E-state index contributed by atoms with van der Waals surface area (Å²) < 4.78 is 6.41. The van der Waals surface area contributed by atoms with Crippen molar-refractivity contribution < 1.29 is 4.43 Å². The molecule has 0 aliphatic carbocycles. The van der Waals surface area contributed by atoms with E-state index in [1.807, 2.05) is 0 Å². The molecule has 0 saturated heterocycles. The first kappa shape index (κ1) is 15.2. The Kier molecular flexibility index (Phi) is 6.12. The first-order valence-electron chi connectivity index (χ1n) is 6.39. The quantitative estimate of drug-likeness (QED) is 0.594. The largest absolute Gasteiger partial charge is 0.416 e. The van der Waals surface area contributed by atoms with E-state index in [1.165, 1.54) is 0 Å². The van der Waals surface area contributed by atoms with Crippen LogP contribution in [0.1, 0.15) is 55.4 Å². The first-order chi connectivity index (χ1) is 6.75.